The van der Waals surface area contributed by atoms with Crippen LogP contribution in [0.1, 0.15) is 48.9 Å². The number of benzene rings is 2. The van der Waals surface area contributed by atoms with Crippen LogP contribution in [0.4, 0.5) is 5.82 Å². The third kappa shape index (κ3) is 4.98. The van der Waals surface area contributed by atoms with Gasteiger partial charge in [0.1, 0.15) is 12.1 Å². The number of nitrogens with one attached hydrogen (secondary N) is 1. The second-order valence-corrected chi connectivity index (χ2v) is 9.23. The second-order valence-electron chi connectivity index (χ2n) is 9.23. The van der Waals surface area contributed by atoms with Gasteiger partial charge in [0.2, 0.25) is 0 Å². The van der Waals surface area contributed by atoms with Crippen LogP contribution in [0.2, 0.25) is 0 Å². The van der Waals surface area contributed by atoms with Crippen molar-refractivity contribution in [2.75, 3.05) is 25.0 Å². The van der Waals surface area contributed by atoms with E-state index in [1.54, 1.807) is 6.33 Å². The van der Waals surface area contributed by atoms with Gasteiger partial charge >= 0.3 is 0 Å². The first-order valence-corrected chi connectivity index (χ1v) is 12.3. The maximum absolute atomic E-state index is 9.64. The average Bonchev–Trinajstić information content (AvgIpc) is 3.27. The van der Waals surface area contributed by atoms with E-state index >= 15 is 0 Å². The van der Waals surface area contributed by atoms with E-state index in [0.29, 0.717) is 6.42 Å². The fourth-order valence-corrected chi connectivity index (χ4v) is 4.88. The van der Waals surface area contributed by atoms with Crippen molar-refractivity contribution in [2.45, 2.75) is 45.2 Å². The molecule has 1 aliphatic heterocycles. The molecule has 1 aliphatic rings. The molecule has 6 heteroatoms. The number of fused-ring (bicyclic) bond motifs is 1. The molecule has 0 aliphatic carbocycles. The molecule has 6 nitrogen and oxygen atoms in total. The molecular formula is C28H33N5O. The highest BCUT2D eigenvalue weighted by Gasteiger charge is 2.16. The van der Waals surface area contributed by atoms with Crippen molar-refractivity contribution in [1.82, 2.24) is 19.4 Å². The number of piperidine rings is 1. The Hall–Kier alpha value is -3.22. The Bertz CT molecular complexity index is 1230. The minimum absolute atomic E-state index is 0.127. The molecular weight excluding hydrogens is 422 g/mol. The van der Waals surface area contributed by atoms with E-state index in [1.807, 2.05) is 6.07 Å². The molecule has 0 radical (unpaired) electrons. The highest BCUT2D eigenvalue weighted by atomic mass is 16.2. The number of anilines is 1. The molecule has 34 heavy (non-hydrogen) atoms. The smallest absolute Gasteiger partial charge is 0.137 e. The zero-order valence-corrected chi connectivity index (χ0v) is 19.8. The third-order valence-electron chi connectivity index (χ3n) is 6.80. The normalized spacial score (nSPS) is 15.5. The summed E-state index contributed by atoms with van der Waals surface area (Å²) >= 11 is 0. The molecule has 176 valence electrons. The van der Waals surface area contributed by atoms with E-state index in [2.05, 4.69) is 86.5 Å². The largest absolute Gasteiger partial charge is 0.396 e. The first kappa shape index (κ1) is 22.6. The lowest BCUT2D eigenvalue weighted by atomic mass is 10.1. The topological polar surface area (TPSA) is 66.2 Å². The number of aliphatic hydroxyl groups excluding tert-OH is 1. The third-order valence-corrected chi connectivity index (χ3v) is 6.80. The zero-order valence-electron chi connectivity index (χ0n) is 19.8. The van der Waals surface area contributed by atoms with Gasteiger partial charge in [-0.25, -0.2) is 9.97 Å². The Morgan fingerprint density at radius 2 is 1.76 bits per heavy atom. The molecule has 1 atom stereocenters. The molecule has 3 heterocycles. The summed E-state index contributed by atoms with van der Waals surface area (Å²) < 4.78 is 2.18. The van der Waals surface area contributed by atoms with E-state index in [0.717, 1.165) is 42.0 Å². The van der Waals surface area contributed by atoms with Crippen LogP contribution in [-0.2, 0) is 13.0 Å². The van der Waals surface area contributed by atoms with Crippen LogP contribution < -0.4 is 5.32 Å². The lowest BCUT2D eigenvalue weighted by Crippen LogP contribution is -2.29. The summed E-state index contributed by atoms with van der Waals surface area (Å²) in [6, 6.07) is 16.8. The monoisotopic (exact) mass is 455 g/mol. The molecule has 2 N–H and O–H groups in total. The van der Waals surface area contributed by atoms with E-state index in [1.165, 1.54) is 36.0 Å². The summed E-state index contributed by atoms with van der Waals surface area (Å²) in [7, 11) is 0. The molecule has 4 aromatic rings. The van der Waals surface area contributed by atoms with Crippen molar-refractivity contribution in [3.05, 3.63) is 83.9 Å². The summed E-state index contributed by atoms with van der Waals surface area (Å²) in [5.41, 5.74) is 5.72. The van der Waals surface area contributed by atoms with Gasteiger partial charge in [-0.15, -0.1) is 0 Å². The fourth-order valence-electron chi connectivity index (χ4n) is 4.88. The molecule has 2 aromatic carbocycles. The minimum Gasteiger partial charge on any atom is -0.396 e. The SMILES string of the molecule is CC(Nc1ncnc2ccc(-n3cc(CCO)c(CN4CCCCC4)c3)cc12)c1ccccc1. The average molecular weight is 456 g/mol. The Morgan fingerprint density at radius 3 is 2.56 bits per heavy atom. The van der Waals surface area contributed by atoms with Gasteiger partial charge in [0.15, 0.2) is 0 Å². The van der Waals surface area contributed by atoms with Gasteiger partial charge in [-0.05, 0) is 74.2 Å². The predicted octanol–water partition coefficient (Wildman–Crippen LogP) is 5.11. The molecule has 1 fully saturated rings. The van der Waals surface area contributed by atoms with Gasteiger partial charge in [0.25, 0.3) is 0 Å². The Balaban J connectivity index is 1.45. The summed E-state index contributed by atoms with van der Waals surface area (Å²) in [4.78, 5) is 11.6. The molecule has 0 bridgehead atoms. The van der Waals surface area contributed by atoms with Crippen molar-refractivity contribution < 1.29 is 5.11 Å². The maximum Gasteiger partial charge on any atom is 0.137 e. The van der Waals surface area contributed by atoms with Crippen molar-refractivity contribution in [3.63, 3.8) is 0 Å². The van der Waals surface area contributed by atoms with Gasteiger partial charge in [-0.3, -0.25) is 4.90 Å². The van der Waals surface area contributed by atoms with Crippen molar-refractivity contribution >= 4 is 16.7 Å². The summed E-state index contributed by atoms with van der Waals surface area (Å²) in [6.45, 7) is 5.57. The minimum atomic E-state index is 0.127. The molecule has 1 unspecified atom stereocenters. The predicted molar refractivity (Wildman–Crippen MR) is 137 cm³/mol. The van der Waals surface area contributed by atoms with Crippen LogP contribution >= 0.6 is 0 Å². The van der Waals surface area contributed by atoms with E-state index in [4.69, 9.17) is 0 Å². The first-order chi connectivity index (χ1) is 16.7. The van der Waals surface area contributed by atoms with E-state index in [9.17, 15) is 5.11 Å². The lowest BCUT2D eigenvalue weighted by Gasteiger charge is -2.26. The van der Waals surface area contributed by atoms with Gasteiger partial charge in [-0.1, -0.05) is 36.8 Å². The Kier molecular flexibility index (Phi) is 6.88. The summed E-state index contributed by atoms with van der Waals surface area (Å²) in [5.74, 6) is 0.833. The summed E-state index contributed by atoms with van der Waals surface area (Å²) in [5, 5.41) is 14.2. The van der Waals surface area contributed by atoms with Crippen LogP contribution in [0.3, 0.4) is 0 Å². The molecule has 0 amide bonds. The second kappa shape index (κ2) is 10.4. The molecule has 0 spiro atoms. The van der Waals surface area contributed by atoms with Crippen molar-refractivity contribution in [1.29, 1.82) is 0 Å². The maximum atomic E-state index is 9.64. The zero-order chi connectivity index (χ0) is 23.3. The van der Waals surface area contributed by atoms with Crippen LogP contribution in [0.25, 0.3) is 16.6 Å². The first-order valence-electron chi connectivity index (χ1n) is 12.3. The highest BCUT2D eigenvalue weighted by Crippen LogP contribution is 2.27. The lowest BCUT2D eigenvalue weighted by molar-refractivity contribution is 0.220. The number of rotatable bonds is 8. The van der Waals surface area contributed by atoms with Crippen LogP contribution in [0.5, 0.6) is 0 Å². The molecule has 2 aromatic heterocycles. The van der Waals surface area contributed by atoms with Gasteiger partial charge in [-0.2, -0.15) is 0 Å². The molecule has 1 saturated heterocycles. The number of hydrogen-bond acceptors (Lipinski definition) is 5. The van der Waals surface area contributed by atoms with Gasteiger partial charge in [0, 0.05) is 42.7 Å². The molecule has 5 rings (SSSR count). The number of nitrogens with zero attached hydrogens (tertiary/aromatic N) is 4. The number of aliphatic hydroxyl groups is 1. The van der Waals surface area contributed by atoms with Crippen LogP contribution in [0, 0.1) is 0 Å². The van der Waals surface area contributed by atoms with E-state index < -0.39 is 0 Å². The Morgan fingerprint density at radius 1 is 0.971 bits per heavy atom. The van der Waals surface area contributed by atoms with Crippen LogP contribution in [-0.4, -0.2) is 44.2 Å². The standard InChI is InChI=1S/C28H33N5O/c1-21(22-8-4-2-5-9-22)31-28-26-16-25(10-11-27(26)29-20-30-28)33-18-23(12-15-34)24(19-33)17-32-13-6-3-7-14-32/h2,4-5,8-11,16,18-21,34H,3,6-7,12-15,17H2,1H3,(H,29,30,31). The quantitative estimate of drug-likeness (QED) is 0.386. The van der Waals surface area contributed by atoms with Crippen LogP contribution in [0.15, 0.2) is 67.3 Å². The van der Waals surface area contributed by atoms with Crippen molar-refractivity contribution in [3.8, 4) is 5.69 Å². The van der Waals surface area contributed by atoms with Gasteiger partial charge in [0.05, 0.1) is 5.52 Å². The number of hydrogen-bond donors (Lipinski definition) is 2. The van der Waals surface area contributed by atoms with Crippen molar-refractivity contribution in [2.24, 2.45) is 0 Å². The number of likely N-dealkylation sites (tertiary alicyclic amines) is 1. The van der Waals surface area contributed by atoms with Gasteiger partial charge < -0.3 is 15.0 Å². The highest BCUT2D eigenvalue weighted by molar-refractivity contribution is 5.90. The summed E-state index contributed by atoms with van der Waals surface area (Å²) in [6.07, 6.45) is 10.6. The fraction of sp³-hybridized carbons (Fsp3) is 0.357. The molecule has 0 saturated carbocycles. The Labute approximate surface area is 201 Å². The number of aromatic nitrogens is 3. The van der Waals surface area contributed by atoms with E-state index in [-0.39, 0.29) is 12.6 Å².